The molecule has 3 N–H and O–H groups in total. The lowest BCUT2D eigenvalue weighted by Crippen LogP contribution is -2.20. The molecule has 1 aliphatic rings. The van der Waals surface area contributed by atoms with Crippen molar-refractivity contribution in [2.24, 2.45) is 5.92 Å². The van der Waals surface area contributed by atoms with E-state index in [-0.39, 0.29) is 5.82 Å². The first-order valence-corrected chi connectivity index (χ1v) is 13.6. The van der Waals surface area contributed by atoms with Crippen molar-refractivity contribution in [3.8, 4) is 33.8 Å². The molecule has 7 heteroatoms. The third kappa shape index (κ3) is 4.70. The molecule has 7 rings (SSSR count). The van der Waals surface area contributed by atoms with Gasteiger partial charge in [0.05, 0.1) is 16.6 Å². The monoisotopic (exact) mass is 516 g/mol. The molecular formula is C32H29FN6. The molecule has 0 bridgehead atoms. The van der Waals surface area contributed by atoms with Crippen molar-refractivity contribution in [3.05, 3.63) is 90.5 Å². The zero-order chi connectivity index (χ0) is 26.2. The van der Waals surface area contributed by atoms with Crippen molar-refractivity contribution < 1.29 is 4.39 Å². The van der Waals surface area contributed by atoms with Gasteiger partial charge in [0, 0.05) is 35.5 Å². The maximum Gasteiger partial charge on any atom is 0.159 e. The summed E-state index contributed by atoms with van der Waals surface area (Å²) in [4.78, 5) is 12.9. The lowest BCUT2D eigenvalue weighted by molar-refractivity contribution is 0.489. The lowest BCUT2D eigenvalue weighted by Gasteiger charge is -2.11. The minimum atomic E-state index is -0.256. The third-order valence-corrected chi connectivity index (χ3v) is 7.82. The summed E-state index contributed by atoms with van der Waals surface area (Å²) in [6.45, 7) is 1.90. The van der Waals surface area contributed by atoms with Crippen LogP contribution in [0.4, 0.5) is 4.39 Å². The van der Waals surface area contributed by atoms with E-state index in [1.165, 1.54) is 43.4 Å². The van der Waals surface area contributed by atoms with E-state index in [1.807, 2.05) is 30.6 Å². The SMILES string of the molecule is Fc1ccc(-c2cccc3[nH]c(-c4n[nH]c5ccc(-c6cncc(CNCC7CCCC7)c6)cc45)nc23)cc1. The van der Waals surface area contributed by atoms with Gasteiger partial charge < -0.3 is 10.3 Å². The normalized spacial score (nSPS) is 14.1. The molecule has 1 fully saturated rings. The highest BCUT2D eigenvalue weighted by Gasteiger charge is 2.17. The van der Waals surface area contributed by atoms with E-state index in [0.29, 0.717) is 5.82 Å². The first kappa shape index (κ1) is 23.7. The van der Waals surface area contributed by atoms with Crippen molar-refractivity contribution in [2.45, 2.75) is 32.2 Å². The maximum absolute atomic E-state index is 13.5. The van der Waals surface area contributed by atoms with Crippen molar-refractivity contribution in [1.82, 2.24) is 30.5 Å². The number of aromatic nitrogens is 5. The van der Waals surface area contributed by atoms with Gasteiger partial charge in [0.1, 0.15) is 11.5 Å². The molecule has 3 heterocycles. The van der Waals surface area contributed by atoms with E-state index >= 15 is 0 Å². The second-order valence-electron chi connectivity index (χ2n) is 10.5. The standard InChI is InChI=1S/C32H29FN6/c33-25-11-8-22(9-12-25)26-6-3-7-29-30(26)37-32(36-29)31-27-15-23(10-13-28(27)38-39-31)24-14-21(18-35-19-24)17-34-16-20-4-1-2-5-20/h3,6-15,18-20,34H,1-2,4-5,16-17H2,(H,36,37)(H,38,39). The smallest absolute Gasteiger partial charge is 0.159 e. The molecule has 3 aromatic carbocycles. The number of pyridine rings is 1. The summed E-state index contributed by atoms with van der Waals surface area (Å²) in [5.41, 5.74) is 8.63. The fraction of sp³-hybridized carbons (Fsp3) is 0.219. The second-order valence-corrected chi connectivity index (χ2v) is 10.5. The van der Waals surface area contributed by atoms with Gasteiger partial charge in [-0.1, -0.05) is 43.2 Å². The third-order valence-electron chi connectivity index (χ3n) is 7.82. The summed E-state index contributed by atoms with van der Waals surface area (Å²) in [5, 5.41) is 12.4. The number of benzene rings is 3. The van der Waals surface area contributed by atoms with Crippen LogP contribution in [0.25, 0.3) is 55.7 Å². The Balaban J connectivity index is 1.20. The largest absolute Gasteiger partial charge is 0.337 e. The van der Waals surface area contributed by atoms with Crippen LogP contribution in [0.3, 0.4) is 0 Å². The van der Waals surface area contributed by atoms with Crippen molar-refractivity contribution in [1.29, 1.82) is 0 Å². The van der Waals surface area contributed by atoms with Gasteiger partial charge in [-0.05, 0) is 78.4 Å². The molecule has 0 radical (unpaired) electrons. The average molecular weight is 517 g/mol. The Morgan fingerprint density at radius 3 is 2.59 bits per heavy atom. The van der Waals surface area contributed by atoms with Gasteiger partial charge in [0.15, 0.2) is 5.82 Å². The van der Waals surface area contributed by atoms with Crippen molar-refractivity contribution in [3.63, 3.8) is 0 Å². The predicted octanol–water partition coefficient (Wildman–Crippen LogP) is 7.25. The molecule has 0 unspecified atom stereocenters. The fourth-order valence-electron chi connectivity index (χ4n) is 5.76. The van der Waals surface area contributed by atoms with Gasteiger partial charge in [0.2, 0.25) is 0 Å². The number of halogens is 1. The summed E-state index contributed by atoms with van der Waals surface area (Å²) in [6, 6.07) is 21.0. The van der Waals surface area contributed by atoms with Crippen LogP contribution in [0.1, 0.15) is 31.2 Å². The zero-order valence-corrected chi connectivity index (χ0v) is 21.5. The van der Waals surface area contributed by atoms with Gasteiger partial charge in [-0.2, -0.15) is 5.10 Å². The molecule has 0 spiro atoms. The number of imidazole rings is 1. The predicted molar refractivity (Wildman–Crippen MR) is 153 cm³/mol. The zero-order valence-electron chi connectivity index (χ0n) is 21.5. The number of rotatable bonds is 7. The Morgan fingerprint density at radius 2 is 1.72 bits per heavy atom. The fourth-order valence-corrected chi connectivity index (χ4v) is 5.76. The summed E-state index contributed by atoms with van der Waals surface area (Å²) < 4.78 is 13.5. The number of hydrogen-bond donors (Lipinski definition) is 3. The van der Waals surface area contributed by atoms with Crippen LogP contribution in [0.2, 0.25) is 0 Å². The molecule has 194 valence electrons. The van der Waals surface area contributed by atoms with E-state index in [0.717, 1.165) is 68.9 Å². The number of aromatic amines is 2. The van der Waals surface area contributed by atoms with Gasteiger partial charge >= 0.3 is 0 Å². The van der Waals surface area contributed by atoms with Crippen LogP contribution in [0.15, 0.2) is 79.1 Å². The first-order valence-electron chi connectivity index (χ1n) is 13.6. The van der Waals surface area contributed by atoms with Gasteiger partial charge in [-0.25, -0.2) is 9.37 Å². The summed E-state index contributed by atoms with van der Waals surface area (Å²) in [7, 11) is 0. The lowest BCUT2D eigenvalue weighted by atomic mass is 10.0. The van der Waals surface area contributed by atoms with Gasteiger partial charge in [0.25, 0.3) is 0 Å². The summed E-state index contributed by atoms with van der Waals surface area (Å²) in [5.74, 6) is 1.24. The van der Waals surface area contributed by atoms with Crippen LogP contribution < -0.4 is 5.32 Å². The van der Waals surface area contributed by atoms with Crippen molar-refractivity contribution >= 4 is 21.9 Å². The Kier molecular flexibility index (Phi) is 6.13. The Hall–Kier alpha value is -4.36. The minimum absolute atomic E-state index is 0.256. The second kappa shape index (κ2) is 10.1. The minimum Gasteiger partial charge on any atom is -0.337 e. The van der Waals surface area contributed by atoms with E-state index in [2.05, 4.69) is 49.7 Å². The summed E-state index contributed by atoms with van der Waals surface area (Å²) in [6.07, 6.45) is 9.28. The molecule has 0 saturated heterocycles. The molecule has 6 nitrogen and oxygen atoms in total. The molecular weight excluding hydrogens is 487 g/mol. The van der Waals surface area contributed by atoms with E-state index in [4.69, 9.17) is 4.98 Å². The van der Waals surface area contributed by atoms with E-state index < -0.39 is 0 Å². The quantitative estimate of drug-likeness (QED) is 0.209. The first-order chi connectivity index (χ1) is 19.2. The highest BCUT2D eigenvalue weighted by Crippen LogP contribution is 2.33. The highest BCUT2D eigenvalue weighted by molar-refractivity contribution is 5.98. The maximum atomic E-state index is 13.5. The number of nitrogens with zero attached hydrogens (tertiary/aromatic N) is 3. The van der Waals surface area contributed by atoms with E-state index in [9.17, 15) is 4.39 Å². The Bertz CT molecular complexity index is 1760. The number of fused-ring (bicyclic) bond motifs is 2. The Morgan fingerprint density at radius 1 is 0.872 bits per heavy atom. The molecule has 39 heavy (non-hydrogen) atoms. The van der Waals surface area contributed by atoms with Crippen LogP contribution >= 0.6 is 0 Å². The topological polar surface area (TPSA) is 82.3 Å². The molecule has 0 amide bonds. The van der Waals surface area contributed by atoms with Crippen molar-refractivity contribution in [2.75, 3.05) is 6.54 Å². The average Bonchev–Trinajstić information content (AvgIpc) is 3.73. The number of para-hydroxylation sites is 1. The van der Waals surface area contributed by atoms with Crippen LogP contribution in [0.5, 0.6) is 0 Å². The number of nitrogens with one attached hydrogen (secondary N) is 3. The highest BCUT2D eigenvalue weighted by atomic mass is 19.1. The Labute approximate surface area is 225 Å². The van der Waals surface area contributed by atoms with Crippen LogP contribution in [-0.2, 0) is 6.54 Å². The van der Waals surface area contributed by atoms with Gasteiger partial charge in [-0.15, -0.1) is 0 Å². The number of H-pyrrole nitrogens is 2. The summed E-state index contributed by atoms with van der Waals surface area (Å²) >= 11 is 0. The van der Waals surface area contributed by atoms with Crippen LogP contribution in [0, 0.1) is 11.7 Å². The van der Waals surface area contributed by atoms with Crippen LogP contribution in [-0.4, -0.2) is 31.7 Å². The molecule has 1 aliphatic carbocycles. The van der Waals surface area contributed by atoms with Gasteiger partial charge in [-0.3, -0.25) is 10.1 Å². The van der Waals surface area contributed by atoms with E-state index in [1.54, 1.807) is 12.1 Å². The molecule has 3 aromatic heterocycles. The number of hydrogen-bond acceptors (Lipinski definition) is 4. The molecule has 6 aromatic rings. The molecule has 1 saturated carbocycles. The molecule has 0 atom stereocenters. The molecule has 0 aliphatic heterocycles.